The van der Waals surface area contributed by atoms with Gasteiger partial charge in [-0.25, -0.2) is 19.0 Å². The second-order valence-electron chi connectivity index (χ2n) is 6.60. The van der Waals surface area contributed by atoms with Crippen LogP contribution >= 0.6 is 0 Å². The number of para-hydroxylation sites is 1. The molecule has 150 valence electrons. The molecule has 1 amide bonds. The van der Waals surface area contributed by atoms with Crippen LogP contribution in [0.25, 0.3) is 22.0 Å². The predicted octanol–water partition coefficient (Wildman–Crippen LogP) is 3.25. The molecule has 1 heterocycles. The molecule has 4 rings (SSSR count). The topological polar surface area (TPSA) is 117 Å². The van der Waals surface area contributed by atoms with Crippen molar-refractivity contribution in [3.8, 4) is 11.1 Å². The van der Waals surface area contributed by atoms with E-state index in [1.165, 1.54) is 18.3 Å². The maximum Gasteiger partial charge on any atom is 0.288 e. The van der Waals surface area contributed by atoms with Crippen molar-refractivity contribution in [2.24, 2.45) is 10.2 Å². The molecule has 4 N–H and O–H groups in total. The number of aromatic nitrogens is 1. The lowest BCUT2D eigenvalue weighted by molar-refractivity contribution is 0.0951. The quantitative estimate of drug-likeness (QED) is 0.341. The maximum atomic E-state index is 12.8. The van der Waals surface area contributed by atoms with Crippen LogP contribution in [0, 0.1) is 0 Å². The summed E-state index contributed by atoms with van der Waals surface area (Å²) in [5.74, 6) is -0.387. The van der Waals surface area contributed by atoms with Gasteiger partial charge in [-0.2, -0.15) is 5.10 Å². The fourth-order valence-corrected chi connectivity index (χ4v) is 3.70. The average Bonchev–Trinajstić information content (AvgIpc) is 3.14. The van der Waals surface area contributed by atoms with Crippen LogP contribution in [0.3, 0.4) is 0 Å². The van der Waals surface area contributed by atoms with Crippen molar-refractivity contribution >= 4 is 33.0 Å². The standard InChI is InChI=1S/C22H18N4O3S/c23-30(28,29)17-12-10-15(11-13-17)14-24-26-22(27)21-20(16-6-2-1-3-7-16)18-8-4-5-9-19(18)25-21/h1-14,25H,(H,26,27)(H2,23,28,29). The third-order valence-electron chi connectivity index (χ3n) is 4.58. The van der Waals surface area contributed by atoms with Crippen LogP contribution in [0.2, 0.25) is 0 Å². The maximum absolute atomic E-state index is 12.8. The Kier molecular flexibility index (Phi) is 5.18. The Morgan fingerprint density at radius 1 is 0.933 bits per heavy atom. The Hall–Kier alpha value is -3.75. The van der Waals surface area contributed by atoms with Gasteiger partial charge in [-0.15, -0.1) is 0 Å². The highest BCUT2D eigenvalue weighted by molar-refractivity contribution is 7.89. The smallest absolute Gasteiger partial charge is 0.288 e. The first-order chi connectivity index (χ1) is 14.4. The van der Waals surface area contributed by atoms with E-state index in [1.54, 1.807) is 12.1 Å². The number of hydrogen-bond acceptors (Lipinski definition) is 4. The highest BCUT2D eigenvalue weighted by Gasteiger charge is 2.18. The fourth-order valence-electron chi connectivity index (χ4n) is 3.18. The monoisotopic (exact) mass is 418 g/mol. The summed E-state index contributed by atoms with van der Waals surface area (Å²) in [7, 11) is -3.75. The molecule has 4 aromatic rings. The second-order valence-corrected chi connectivity index (χ2v) is 8.16. The van der Waals surface area contributed by atoms with E-state index >= 15 is 0 Å². The number of sulfonamides is 1. The van der Waals surface area contributed by atoms with Gasteiger partial charge >= 0.3 is 0 Å². The zero-order chi connectivity index (χ0) is 21.1. The van der Waals surface area contributed by atoms with E-state index in [4.69, 9.17) is 5.14 Å². The minimum Gasteiger partial charge on any atom is -0.350 e. The molecule has 0 bridgehead atoms. The van der Waals surface area contributed by atoms with Crippen LogP contribution in [0.5, 0.6) is 0 Å². The lowest BCUT2D eigenvalue weighted by Crippen LogP contribution is -2.18. The molecule has 1 aromatic heterocycles. The summed E-state index contributed by atoms with van der Waals surface area (Å²) in [6.07, 6.45) is 1.43. The number of primary sulfonamides is 1. The lowest BCUT2D eigenvalue weighted by atomic mass is 10.0. The normalized spacial score (nSPS) is 11.8. The summed E-state index contributed by atoms with van der Waals surface area (Å²) in [5, 5.41) is 10.0. The number of carbonyl (C=O) groups is 1. The summed E-state index contributed by atoms with van der Waals surface area (Å²) in [4.78, 5) is 16.0. The van der Waals surface area contributed by atoms with Crippen LogP contribution in [0.15, 0.2) is 88.9 Å². The first kappa shape index (κ1) is 19.6. The molecule has 7 nitrogen and oxygen atoms in total. The van der Waals surface area contributed by atoms with Crippen molar-refractivity contribution in [3.05, 3.63) is 90.1 Å². The number of amides is 1. The molecule has 0 saturated heterocycles. The molecule has 30 heavy (non-hydrogen) atoms. The number of hydrazone groups is 1. The molecule has 0 atom stereocenters. The molecule has 0 radical (unpaired) electrons. The number of hydrogen-bond donors (Lipinski definition) is 3. The van der Waals surface area contributed by atoms with Gasteiger partial charge in [0.1, 0.15) is 5.69 Å². The molecular formula is C22H18N4O3S. The lowest BCUT2D eigenvalue weighted by Gasteiger charge is -2.04. The van der Waals surface area contributed by atoms with Gasteiger partial charge in [0.2, 0.25) is 10.0 Å². The number of rotatable bonds is 5. The molecule has 3 aromatic carbocycles. The Morgan fingerprint density at radius 3 is 2.30 bits per heavy atom. The van der Waals surface area contributed by atoms with Gasteiger partial charge in [-0.05, 0) is 29.3 Å². The van der Waals surface area contributed by atoms with Crippen LogP contribution in [-0.4, -0.2) is 25.5 Å². The molecule has 0 aliphatic rings. The van der Waals surface area contributed by atoms with E-state index in [2.05, 4.69) is 15.5 Å². The van der Waals surface area contributed by atoms with Gasteiger partial charge in [-0.1, -0.05) is 60.7 Å². The van der Waals surface area contributed by atoms with E-state index in [0.717, 1.165) is 22.0 Å². The SMILES string of the molecule is NS(=O)(=O)c1ccc(C=NNC(=O)c2[nH]c3ccccc3c2-c2ccccc2)cc1. The zero-order valence-electron chi connectivity index (χ0n) is 15.7. The third kappa shape index (κ3) is 4.00. The van der Waals surface area contributed by atoms with E-state index in [0.29, 0.717) is 11.3 Å². The van der Waals surface area contributed by atoms with Crippen LogP contribution in [-0.2, 0) is 10.0 Å². The highest BCUT2D eigenvalue weighted by Crippen LogP contribution is 2.32. The van der Waals surface area contributed by atoms with Gasteiger partial charge in [-0.3, -0.25) is 4.79 Å². The van der Waals surface area contributed by atoms with Crippen LogP contribution < -0.4 is 10.6 Å². The number of nitrogens with two attached hydrogens (primary N) is 1. The number of benzene rings is 3. The Balaban J connectivity index is 1.60. The summed E-state index contributed by atoms with van der Waals surface area (Å²) >= 11 is 0. The number of carbonyl (C=O) groups excluding carboxylic acids is 1. The summed E-state index contributed by atoms with van der Waals surface area (Å²) in [6.45, 7) is 0. The van der Waals surface area contributed by atoms with Gasteiger partial charge < -0.3 is 4.98 Å². The molecule has 0 aliphatic carbocycles. The van der Waals surface area contributed by atoms with Crippen molar-refractivity contribution in [1.29, 1.82) is 0 Å². The minimum atomic E-state index is -3.75. The Bertz CT molecular complexity index is 1340. The highest BCUT2D eigenvalue weighted by atomic mass is 32.2. The molecule has 0 spiro atoms. The number of aromatic amines is 1. The summed E-state index contributed by atoms with van der Waals surface area (Å²) in [5.41, 5.74) is 6.11. The van der Waals surface area contributed by atoms with Crippen molar-refractivity contribution in [2.45, 2.75) is 4.90 Å². The third-order valence-corrected chi connectivity index (χ3v) is 5.51. The zero-order valence-corrected chi connectivity index (χ0v) is 16.6. The average molecular weight is 418 g/mol. The number of H-pyrrole nitrogens is 1. The van der Waals surface area contributed by atoms with E-state index in [1.807, 2.05) is 54.6 Å². The number of fused-ring (bicyclic) bond motifs is 1. The second kappa shape index (κ2) is 7.94. The van der Waals surface area contributed by atoms with Gasteiger partial charge in [0.25, 0.3) is 5.91 Å². The molecule has 0 unspecified atom stereocenters. The first-order valence-corrected chi connectivity index (χ1v) is 10.6. The predicted molar refractivity (Wildman–Crippen MR) is 117 cm³/mol. The molecule has 0 saturated carbocycles. The van der Waals surface area contributed by atoms with E-state index in [-0.39, 0.29) is 10.8 Å². The van der Waals surface area contributed by atoms with E-state index in [9.17, 15) is 13.2 Å². The van der Waals surface area contributed by atoms with Crippen molar-refractivity contribution < 1.29 is 13.2 Å². The Labute approximate surface area is 173 Å². The van der Waals surface area contributed by atoms with Crippen molar-refractivity contribution in [2.75, 3.05) is 0 Å². The minimum absolute atomic E-state index is 0.00858. The van der Waals surface area contributed by atoms with Crippen LogP contribution in [0.1, 0.15) is 16.1 Å². The van der Waals surface area contributed by atoms with Crippen molar-refractivity contribution in [3.63, 3.8) is 0 Å². The number of nitrogens with zero attached hydrogens (tertiary/aromatic N) is 1. The van der Waals surface area contributed by atoms with Gasteiger partial charge in [0.15, 0.2) is 0 Å². The summed E-state index contributed by atoms with van der Waals surface area (Å²) in [6, 6.07) is 23.2. The fraction of sp³-hybridized carbons (Fsp3) is 0. The van der Waals surface area contributed by atoms with E-state index < -0.39 is 10.0 Å². The largest absolute Gasteiger partial charge is 0.350 e. The van der Waals surface area contributed by atoms with Crippen molar-refractivity contribution in [1.82, 2.24) is 10.4 Å². The molecule has 0 aliphatic heterocycles. The van der Waals surface area contributed by atoms with Crippen LogP contribution in [0.4, 0.5) is 0 Å². The Morgan fingerprint density at radius 2 is 1.60 bits per heavy atom. The van der Waals surface area contributed by atoms with Gasteiger partial charge in [0, 0.05) is 16.5 Å². The molecule has 0 fully saturated rings. The first-order valence-electron chi connectivity index (χ1n) is 9.06. The summed E-state index contributed by atoms with van der Waals surface area (Å²) < 4.78 is 22.6. The van der Waals surface area contributed by atoms with Gasteiger partial charge in [0.05, 0.1) is 11.1 Å². The molecule has 8 heteroatoms. The number of nitrogens with one attached hydrogen (secondary N) is 2. The molecular weight excluding hydrogens is 400 g/mol.